The quantitative estimate of drug-likeness (QED) is 0.738. The second-order valence-corrected chi connectivity index (χ2v) is 8.81. The van der Waals surface area contributed by atoms with E-state index in [1.165, 1.54) is 6.92 Å². The summed E-state index contributed by atoms with van der Waals surface area (Å²) in [5.41, 5.74) is 0.386. The Labute approximate surface area is 149 Å². The first kappa shape index (κ1) is 18.2. The number of carbonyl (C=O) groups is 2. The van der Waals surface area contributed by atoms with Crippen LogP contribution in [-0.4, -0.2) is 28.0 Å². The molecule has 1 heterocycles. The topological polar surface area (TPSA) is 59.1 Å². The number of amides is 1. The van der Waals surface area contributed by atoms with Gasteiger partial charge in [0.15, 0.2) is 4.34 Å². The molecule has 0 saturated heterocycles. The minimum Gasteiger partial charge on any atom is -0.351 e. The summed E-state index contributed by atoms with van der Waals surface area (Å²) in [5, 5.41) is 3.57. The maximum absolute atomic E-state index is 12.0. The number of ketones is 1. The van der Waals surface area contributed by atoms with E-state index in [-0.39, 0.29) is 11.7 Å². The van der Waals surface area contributed by atoms with E-state index in [0.29, 0.717) is 23.6 Å². The highest BCUT2D eigenvalue weighted by Gasteiger charge is 2.22. The van der Waals surface area contributed by atoms with Crippen LogP contribution in [0.1, 0.15) is 33.6 Å². The number of thioether (sulfide) groups is 1. The van der Waals surface area contributed by atoms with Gasteiger partial charge in [-0.1, -0.05) is 23.4 Å². The van der Waals surface area contributed by atoms with Crippen LogP contribution in [0.15, 0.2) is 22.5 Å². The Morgan fingerprint density at radius 1 is 1.39 bits per heavy atom. The molecule has 124 valence electrons. The van der Waals surface area contributed by atoms with Gasteiger partial charge >= 0.3 is 0 Å². The lowest BCUT2D eigenvalue weighted by molar-refractivity contribution is -0.123. The smallest absolute Gasteiger partial charge is 0.221 e. The second-order valence-electron chi connectivity index (χ2n) is 6.00. The third-order valence-corrected chi connectivity index (χ3v) is 5.47. The van der Waals surface area contributed by atoms with Crippen LogP contribution in [0.4, 0.5) is 0 Å². The Balaban J connectivity index is 1.83. The summed E-state index contributed by atoms with van der Waals surface area (Å²) in [7, 11) is 0. The van der Waals surface area contributed by atoms with Crippen molar-refractivity contribution in [1.29, 1.82) is 0 Å². The molecular formula is C16H19ClN2O2S2. The maximum atomic E-state index is 12.0. The van der Waals surface area contributed by atoms with Gasteiger partial charge in [-0.15, -0.1) is 11.3 Å². The van der Waals surface area contributed by atoms with Crippen molar-refractivity contribution in [2.75, 3.05) is 5.75 Å². The zero-order valence-electron chi connectivity index (χ0n) is 13.3. The van der Waals surface area contributed by atoms with Crippen molar-refractivity contribution in [3.63, 3.8) is 0 Å². The van der Waals surface area contributed by atoms with Gasteiger partial charge in [0, 0.05) is 29.2 Å². The molecule has 0 saturated carbocycles. The number of carbonyl (C=O) groups excluding carboxylic acids is 2. The number of thiazole rings is 1. The van der Waals surface area contributed by atoms with E-state index >= 15 is 0 Å². The van der Waals surface area contributed by atoms with E-state index in [1.807, 2.05) is 32.0 Å². The minimum atomic E-state index is -0.500. The molecule has 2 rings (SSSR count). The summed E-state index contributed by atoms with van der Waals surface area (Å²) in [5.74, 6) is 0.668. The summed E-state index contributed by atoms with van der Waals surface area (Å²) < 4.78 is 2.02. The van der Waals surface area contributed by atoms with Gasteiger partial charge in [-0.25, -0.2) is 4.98 Å². The Hall–Kier alpha value is -1.11. The number of hydrogen-bond acceptors (Lipinski definition) is 5. The molecule has 0 aliphatic heterocycles. The third-order valence-electron chi connectivity index (χ3n) is 3.05. The molecule has 0 atom stereocenters. The van der Waals surface area contributed by atoms with E-state index in [9.17, 15) is 9.59 Å². The number of nitrogens with one attached hydrogen (secondary N) is 1. The molecule has 0 unspecified atom stereocenters. The predicted molar refractivity (Wildman–Crippen MR) is 97.5 cm³/mol. The van der Waals surface area contributed by atoms with Crippen LogP contribution >= 0.6 is 34.7 Å². The number of benzene rings is 1. The van der Waals surface area contributed by atoms with Crippen molar-refractivity contribution in [3.05, 3.63) is 23.2 Å². The van der Waals surface area contributed by atoms with Crippen LogP contribution in [0.3, 0.4) is 0 Å². The number of rotatable bonds is 7. The normalized spacial score (nSPS) is 11.7. The largest absolute Gasteiger partial charge is 0.351 e. The van der Waals surface area contributed by atoms with Gasteiger partial charge in [0.25, 0.3) is 0 Å². The molecule has 0 aliphatic carbocycles. The summed E-state index contributed by atoms with van der Waals surface area (Å²) >= 11 is 9.11. The third kappa shape index (κ3) is 5.79. The predicted octanol–water partition coefficient (Wildman–Crippen LogP) is 4.31. The molecule has 1 amide bonds. The molecule has 0 bridgehead atoms. The summed E-state index contributed by atoms with van der Waals surface area (Å²) in [4.78, 5) is 27.7. The van der Waals surface area contributed by atoms with Crippen LogP contribution in [0.2, 0.25) is 5.02 Å². The fourth-order valence-corrected chi connectivity index (χ4v) is 4.50. The van der Waals surface area contributed by atoms with Crippen molar-refractivity contribution < 1.29 is 9.59 Å². The van der Waals surface area contributed by atoms with Crippen LogP contribution in [-0.2, 0) is 9.59 Å². The number of aromatic nitrogens is 1. The average molecular weight is 371 g/mol. The van der Waals surface area contributed by atoms with Crippen molar-refractivity contribution in [2.45, 2.75) is 43.5 Å². The molecule has 1 aromatic carbocycles. The van der Waals surface area contributed by atoms with Crippen molar-refractivity contribution in [1.82, 2.24) is 10.3 Å². The highest BCUT2D eigenvalue weighted by molar-refractivity contribution is 8.01. The minimum absolute atomic E-state index is 0.0482. The Morgan fingerprint density at radius 3 is 2.83 bits per heavy atom. The first-order valence-corrected chi connectivity index (χ1v) is 9.42. The monoisotopic (exact) mass is 370 g/mol. The fourth-order valence-electron chi connectivity index (χ4n) is 2.28. The van der Waals surface area contributed by atoms with E-state index in [4.69, 9.17) is 11.6 Å². The second kappa shape index (κ2) is 7.64. The van der Waals surface area contributed by atoms with Crippen LogP contribution < -0.4 is 5.32 Å². The molecule has 23 heavy (non-hydrogen) atoms. The van der Waals surface area contributed by atoms with Gasteiger partial charge in [-0.05, 0) is 39.0 Å². The molecular weight excluding hydrogens is 352 g/mol. The standard InChI is InChI=1S/C16H19ClN2O2S2/c1-10(20)9-16(2,3)19-14(21)6-7-22-15-18-12-8-11(17)4-5-13(12)23-15/h4-5,8H,6-7,9H2,1-3H3,(H,19,21). The van der Waals surface area contributed by atoms with Crippen LogP contribution in [0.25, 0.3) is 10.2 Å². The van der Waals surface area contributed by atoms with Gasteiger partial charge in [-0.2, -0.15) is 0 Å². The van der Waals surface area contributed by atoms with Crippen molar-refractivity contribution >= 4 is 56.6 Å². The van der Waals surface area contributed by atoms with Crippen molar-refractivity contribution in [2.24, 2.45) is 0 Å². The maximum Gasteiger partial charge on any atom is 0.221 e. The molecule has 0 fully saturated rings. The zero-order chi connectivity index (χ0) is 17.0. The molecule has 0 spiro atoms. The number of Topliss-reactive ketones (excluding diaryl/α,β-unsaturated/α-hetero) is 1. The van der Waals surface area contributed by atoms with Gasteiger partial charge in [0.2, 0.25) is 5.91 Å². The first-order valence-electron chi connectivity index (χ1n) is 7.24. The Bertz CT molecular complexity index is 728. The number of halogens is 1. The molecule has 7 heteroatoms. The number of fused-ring (bicyclic) bond motifs is 1. The summed E-state index contributed by atoms with van der Waals surface area (Å²) in [6.45, 7) is 5.25. The molecule has 1 N–H and O–H groups in total. The molecule has 1 aromatic heterocycles. The zero-order valence-corrected chi connectivity index (χ0v) is 15.7. The number of nitrogens with zero attached hydrogens (tertiary/aromatic N) is 1. The summed E-state index contributed by atoms with van der Waals surface area (Å²) in [6.07, 6.45) is 0.729. The SMILES string of the molecule is CC(=O)CC(C)(C)NC(=O)CCSc1nc2cc(Cl)ccc2s1. The molecule has 0 aliphatic rings. The highest BCUT2D eigenvalue weighted by Crippen LogP contribution is 2.31. The van der Waals surface area contributed by atoms with Crippen LogP contribution in [0.5, 0.6) is 0 Å². The van der Waals surface area contributed by atoms with Crippen LogP contribution in [0, 0.1) is 0 Å². The molecule has 2 aromatic rings. The van der Waals surface area contributed by atoms with Gasteiger partial charge in [-0.3, -0.25) is 9.59 Å². The fraction of sp³-hybridized carbons (Fsp3) is 0.438. The Morgan fingerprint density at radius 2 is 2.13 bits per heavy atom. The lowest BCUT2D eigenvalue weighted by atomic mass is 9.98. The van der Waals surface area contributed by atoms with Crippen molar-refractivity contribution in [3.8, 4) is 0 Å². The lowest BCUT2D eigenvalue weighted by Gasteiger charge is -2.24. The van der Waals surface area contributed by atoms with E-state index in [1.54, 1.807) is 23.1 Å². The van der Waals surface area contributed by atoms with Gasteiger partial charge in [0.1, 0.15) is 5.78 Å². The first-order chi connectivity index (χ1) is 10.7. The lowest BCUT2D eigenvalue weighted by Crippen LogP contribution is -2.44. The highest BCUT2D eigenvalue weighted by atomic mass is 35.5. The summed E-state index contributed by atoms with van der Waals surface area (Å²) in [6, 6.07) is 5.64. The average Bonchev–Trinajstić information content (AvgIpc) is 2.77. The van der Waals surface area contributed by atoms with Gasteiger partial charge < -0.3 is 5.32 Å². The van der Waals surface area contributed by atoms with E-state index < -0.39 is 5.54 Å². The van der Waals surface area contributed by atoms with Gasteiger partial charge in [0.05, 0.1) is 10.2 Å². The number of hydrogen-bond donors (Lipinski definition) is 1. The Kier molecular flexibility index (Phi) is 6.06. The van der Waals surface area contributed by atoms with E-state index in [0.717, 1.165) is 14.6 Å². The molecule has 0 radical (unpaired) electrons. The molecule has 4 nitrogen and oxygen atoms in total. The van der Waals surface area contributed by atoms with E-state index in [2.05, 4.69) is 10.3 Å².